The van der Waals surface area contributed by atoms with Gasteiger partial charge in [-0.2, -0.15) is 5.26 Å². The molecule has 0 aliphatic carbocycles. The minimum absolute atomic E-state index is 0.0382. The van der Waals surface area contributed by atoms with E-state index in [9.17, 15) is 9.59 Å². The zero-order valence-electron chi connectivity index (χ0n) is 15.0. The van der Waals surface area contributed by atoms with Crippen LogP contribution in [0.25, 0.3) is 0 Å². The quantitative estimate of drug-likeness (QED) is 0.879. The summed E-state index contributed by atoms with van der Waals surface area (Å²) >= 11 is 0. The number of nitrogens with zero attached hydrogens (tertiary/aromatic N) is 5. The highest BCUT2D eigenvalue weighted by Crippen LogP contribution is 2.15. The molecule has 0 saturated carbocycles. The van der Waals surface area contributed by atoms with Crippen LogP contribution in [0.1, 0.15) is 35.8 Å². The molecule has 1 aliphatic rings. The van der Waals surface area contributed by atoms with Crippen LogP contribution < -0.4 is 15.8 Å². The molecule has 0 unspecified atom stereocenters. The standard InChI is InChI=1S/C18H22N6O2/c1-3-23-9-6-20-16(18(23)26)24-7-4-14(5-8-24)21-17(25)15-10-13(11-19)12-22(15)2/h6,9-10,12,14H,3-5,7-8H2,1-2H3,(H,21,25). The number of amides is 1. The Kier molecular flexibility index (Phi) is 5.07. The second-order valence-corrected chi connectivity index (χ2v) is 6.41. The molecule has 1 saturated heterocycles. The van der Waals surface area contributed by atoms with E-state index in [1.165, 1.54) is 0 Å². The third kappa shape index (κ3) is 3.47. The molecular weight excluding hydrogens is 332 g/mol. The van der Waals surface area contributed by atoms with E-state index in [0.717, 1.165) is 12.8 Å². The highest BCUT2D eigenvalue weighted by Gasteiger charge is 2.24. The number of anilines is 1. The van der Waals surface area contributed by atoms with Crippen LogP contribution in [0.5, 0.6) is 0 Å². The predicted octanol–water partition coefficient (Wildman–Crippen LogP) is 0.872. The first kappa shape index (κ1) is 17.7. The highest BCUT2D eigenvalue weighted by atomic mass is 16.2. The second kappa shape index (κ2) is 7.44. The van der Waals surface area contributed by atoms with Crippen molar-refractivity contribution in [3.05, 3.63) is 46.3 Å². The maximum absolute atomic E-state index is 12.4. The van der Waals surface area contributed by atoms with Crippen molar-refractivity contribution >= 4 is 11.7 Å². The monoisotopic (exact) mass is 354 g/mol. The molecule has 1 fully saturated rings. The lowest BCUT2D eigenvalue weighted by Gasteiger charge is -2.32. The van der Waals surface area contributed by atoms with Gasteiger partial charge in [-0.05, 0) is 25.8 Å². The lowest BCUT2D eigenvalue weighted by Crippen LogP contribution is -2.46. The van der Waals surface area contributed by atoms with Gasteiger partial charge in [-0.1, -0.05) is 0 Å². The maximum atomic E-state index is 12.4. The molecule has 0 bridgehead atoms. The molecule has 1 amide bonds. The lowest BCUT2D eigenvalue weighted by atomic mass is 10.0. The number of hydrogen-bond acceptors (Lipinski definition) is 5. The number of carbonyl (C=O) groups is 1. The average molecular weight is 354 g/mol. The number of nitrogens with one attached hydrogen (secondary N) is 1. The van der Waals surface area contributed by atoms with Gasteiger partial charge in [0.2, 0.25) is 0 Å². The molecule has 0 radical (unpaired) electrons. The summed E-state index contributed by atoms with van der Waals surface area (Å²) in [6.07, 6.45) is 6.45. The molecule has 0 aromatic carbocycles. The first-order chi connectivity index (χ1) is 12.5. The minimum Gasteiger partial charge on any atom is -0.352 e. The van der Waals surface area contributed by atoms with Crippen molar-refractivity contribution in [3.63, 3.8) is 0 Å². The van der Waals surface area contributed by atoms with Gasteiger partial charge < -0.3 is 19.4 Å². The van der Waals surface area contributed by atoms with Crippen LogP contribution in [-0.4, -0.2) is 39.2 Å². The van der Waals surface area contributed by atoms with Gasteiger partial charge in [-0.15, -0.1) is 0 Å². The average Bonchev–Trinajstić information content (AvgIpc) is 3.04. The van der Waals surface area contributed by atoms with Gasteiger partial charge in [-0.25, -0.2) is 4.98 Å². The van der Waals surface area contributed by atoms with Crippen LogP contribution in [0.3, 0.4) is 0 Å². The Balaban J connectivity index is 1.62. The second-order valence-electron chi connectivity index (χ2n) is 6.41. The molecule has 2 aromatic rings. The van der Waals surface area contributed by atoms with E-state index in [1.54, 1.807) is 40.8 Å². The fraction of sp³-hybridized carbons (Fsp3) is 0.444. The number of piperidine rings is 1. The Morgan fingerprint density at radius 2 is 2.15 bits per heavy atom. The summed E-state index contributed by atoms with van der Waals surface area (Å²) in [4.78, 5) is 31.0. The molecule has 3 heterocycles. The molecule has 8 nitrogen and oxygen atoms in total. The summed E-state index contributed by atoms with van der Waals surface area (Å²) in [7, 11) is 1.75. The third-order valence-corrected chi connectivity index (χ3v) is 4.73. The van der Waals surface area contributed by atoms with Gasteiger partial charge in [0.15, 0.2) is 5.82 Å². The molecule has 0 spiro atoms. The summed E-state index contributed by atoms with van der Waals surface area (Å²) in [6, 6.07) is 3.67. The largest absolute Gasteiger partial charge is 0.352 e. The molecule has 8 heteroatoms. The van der Waals surface area contributed by atoms with Crippen LogP contribution in [0.4, 0.5) is 5.82 Å². The zero-order valence-corrected chi connectivity index (χ0v) is 15.0. The van der Waals surface area contributed by atoms with E-state index >= 15 is 0 Å². The van der Waals surface area contributed by atoms with Gasteiger partial charge in [-0.3, -0.25) is 9.59 Å². The number of aromatic nitrogens is 3. The first-order valence-electron chi connectivity index (χ1n) is 8.71. The fourth-order valence-corrected chi connectivity index (χ4v) is 3.25. The van der Waals surface area contributed by atoms with Crippen LogP contribution in [-0.2, 0) is 13.6 Å². The number of carbonyl (C=O) groups excluding carboxylic acids is 1. The van der Waals surface area contributed by atoms with E-state index in [0.29, 0.717) is 36.7 Å². The van der Waals surface area contributed by atoms with Gasteiger partial charge in [0, 0.05) is 51.3 Å². The van der Waals surface area contributed by atoms with E-state index in [-0.39, 0.29) is 17.5 Å². The number of hydrogen-bond donors (Lipinski definition) is 1. The van der Waals surface area contributed by atoms with Crippen molar-refractivity contribution in [2.45, 2.75) is 32.4 Å². The van der Waals surface area contributed by atoms with Crippen molar-refractivity contribution in [2.75, 3.05) is 18.0 Å². The van der Waals surface area contributed by atoms with E-state index in [1.807, 2.05) is 17.9 Å². The summed E-state index contributed by atoms with van der Waals surface area (Å²) in [5, 5.41) is 12.0. The summed E-state index contributed by atoms with van der Waals surface area (Å²) < 4.78 is 3.29. The molecule has 1 aliphatic heterocycles. The summed E-state index contributed by atoms with van der Waals surface area (Å²) in [5.41, 5.74) is 0.861. The molecule has 136 valence electrons. The predicted molar refractivity (Wildman–Crippen MR) is 97.0 cm³/mol. The third-order valence-electron chi connectivity index (χ3n) is 4.73. The van der Waals surface area contributed by atoms with Crippen LogP contribution >= 0.6 is 0 Å². The van der Waals surface area contributed by atoms with Crippen molar-refractivity contribution < 1.29 is 4.79 Å². The minimum atomic E-state index is -0.182. The Bertz CT molecular complexity index is 899. The van der Waals surface area contributed by atoms with Crippen LogP contribution in [0.2, 0.25) is 0 Å². The van der Waals surface area contributed by atoms with Gasteiger partial charge >= 0.3 is 0 Å². The molecule has 0 atom stereocenters. The Morgan fingerprint density at radius 3 is 2.77 bits per heavy atom. The molecule has 1 N–H and O–H groups in total. The van der Waals surface area contributed by atoms with Gasteiger partial charge in [0.1, 0.15) is 11.8 Å². The lowest BCUT2D eigenvalue weighted by molar-refractivity contribution is 0.0923. The zero-order chi connectivity index (χ0) is 18.7. The smallest absolute Gasteiger partial charge is 0.293 e. The molecular formula is C18H22N6O2. The summed E-state index contributed by atoms with van der Waals surface area (Å²) in [6.45, 7) is 3.87. The SMILES string of the molecule is CCn1ccnc(N2CCC(NC(=O)c3cc(C#N)cn3C)CC2)c1=O. The first-order valence-corrected chi connectivity index (χ1v) is 8.71. The topological polar surface area (TPSA) is 95.9 Å². The number of nitriles is 1. The molecule has 3 rings (SSSR count). The van der Waals surface area contributed by atoms with E-state index < -0.39 is 0 Å². The van der Waals surface area contributed by atoms with Crippen molar-refractivity contribution in [3.8, 4) is 6.07 Å². The molecule has 26 heavy (non-hydrogen) atoms. The molecule has 2 aromatic heterocycles. The Morgan fingerprint density at radius 1 is 1.42 bits per heavy atom. The maximum Gasteiger partial charge on any atom is 0.293 e. The highest BCUT2D eigenvalue weighted by molar-refractivity contribution is 5.93. The number of aryl methyl sites for hydroxylation is 2. The van der Waals surface area contributed by atoms with Crippen molar-refractivity contribution in [2.24, 2.45) is 7.05 Å². The van der Waals surface area contributed by atoms with E-state index in [4.69, 9.17) is 5.26 Å². The normalized spacial score (nSPS) is 14.9. The van der Waals surface area contributed by atoms with Crippen LogP contribution in [0, 0.1) is 11.3 Å². The Hall–Kier alpha value is -3.08. The van der Waals surface area contributed by atoms with E-state index in [2.05, 4.69) is 10.3 Å². The number of rotatable bonds is 4. The fourth-order valence-electron chi connectivity index (χ4n) is 3.25. The van der Waals surface area contributed by atoms with Crippen LogP contribution in [0.15, 0.2) is 29.5 Å². The van der Waals surface area contributed by atoms with Crippen molar-refractivity contribution in [1.82, 2.24) is 19.4 Å². The Labute approximate surface area is 151 Å². The van der Waals surface area contributed by atoms with Gasteiger partial charge in [0.05, 0.1) is 5.56 Å². The van der Waals surface area contributed by atoms with Crippen molar-refractivity contribution in [1.29, 1.82) is 5.26 Å². The summed E-state index contributed by atoms with van der Waals surface area (Å²) in [5.74, 6) is 0.291. The van der Waals surface area contributed by atoms with Gasteiger partial charge in [0.25, 0.3) is 11.5 Å².